The van der Waals surface area contributed by atoms with Crippen LogP contribution in [0.5, 0.6) is 0 Å². The predicted molar refractivity (Wildman–Crippen MR) is 114 cm³/mol. The second-order valence-electron chi connectivity index (χ2n) is 8.45. The number of nitrogens with zero attached hydrogens (tertiary/aromatic N) is 2. The summed E-state index contributed by atoms with van der Waals surface area (Å²) in [4.78, 5) is 31.1. The number of nitrogens with one attached hydrogen (secondary N) is 1. The highest BCUT2D eigenvalue weighted by atomic mass is 16.5. The molecule has 6 heteroatoms. The van der Waals surface area contributed by atoms with Crippen molar-refractivity contribution in [1.82, 2.24) is 15.2 Å². The van der Waals surface area contributed by atoms with E-state index in [1.807, 2.05) is 36.9 Å². The molecule has 0 unspecified atom stereocenters. The lowest BCUT2D eigenvalue weighted by molar-refractivity contribution is -0.0712. The van der Waals surface area contributed by atoms with E-state index in [0.717, 1.165) is 42.4 Å². The van der Waals surface area contributed by atoms with Gasteiger partial charge in [-0.3, -0.25) is 14.6 Å². The summed E-state index contributed by atoms with van der Waals surface area (Å²) in [7, 11) is 0. The summed E-state index contributed by atoms with van der Waals surface area (Å²) in [5.41, 5.74) is 3.38. The van der Waals surface area contributed by atoms with Crippen molar-refractivity contribution in [2.24, 2.45) is 0 Å². The number of likely N-dealkylation sites (tertiary alicyclic amines) is 1. The second-order valence-corrected chi connectivity index (χ2v) is 8.45. The summed E-state index contributed by atoms with van der Waals surface area (Å²) in [6.07, 6.45) is 6.92. The predicted octanol–water partition coefficient (Wildman–Crippen LogP) is 3.28. The van der Waals surface area contributed by atoms with Crippen molar-refractivity contribution in [3.63, 3.8) is 0 Å². The van der Waals surface area contributed by atoms with Crippen molar-refractivity contribution >= 4 is 11.8 Å². The highest BCUT2D eigenvalue weighted by Crippen LogP contribution is 2.39. The van der Waals surface area contributed by atoms with E-state index in [-0.39, 0.29) is 23.5 Å². The smallest absolute Gasteiger partial charge is 0.253 e. The fourth-order valence-corrected chi connectivity index (χ4v) is 4.50. The fourth-order valence-electron chi connectivity index (χ4n) is 4.50. The number of hydrogen-bond acceptors (Lipinski definition) is 4. The standard InChI is InChI=1S/C24H29N3O3/c1-17-4-3-5-21(18(17)2)22(28)26-16-20-6-9-24(30-20)10-14-27(15-11-24)23(29)19-7-12-25-13-8-19/h3-5,7-8,12-13,20H,6,9-11,14-16H2,1-2H3,(H,26,28)/t20-/m0/s1. The number of amides is 2. The van der Waals surface area contributed by atoms with Gasteiger partial charge in [0.1, 0.15) is 0 Å². The number of aromatic nitrogens is 1. The van der Waals surface area contributed by atoms with Crippen molar-refractivity contribution in [2.75, 3.05) is 19.6 Å². The summed E-state index contributed by atoms with van der Waals surface area (Å²) >= 11 is 0. The first kappa shape index (κ1) is 20.5. The summed E-state index contributed by atoms with van der Waals surface area (Å²) in [5, 5.41) is 3.05. The molecule has 1 aromatic heterocycles. The molecule has 2 aliphatic rings. The zero-order valence-electron chi connectivity index (χ0n) is 17.7. The highest BCUT2D eigenvalue weighted by Gasteiger charge is 2.43. The fraction of sp³-hybridized carbons (Fsp3) is 0.458. The summed E-state index contributed by atoms with van der Waals surface area (Å²) in [6, 6.07) is 9.31. The van der Waals surface area contributed by atoms with Gasteiger partial charge in [0, 0.05) is 43.2 Å². The third-order valence-electron chi connectivity index (χ3n) is 6.57. The first-order chi connectivity index (χ1) is 14.5. The quantitative estimate of drug-likeness (QED) is 0.844. The van der Waals surface area contributed by atoms with Crippen LogP contribution in [0, 0.1) is 13.8 Å². The molecule has 1 spiro atoms. The molecule has 0 radical (unpaired) electrons. The Labute approximate surface area is 177 Å². The van der Waals surface area contributed by atoms with E-state index in [9.17, 15) is 9.59 Å². The molecule has 1 N–H and O–H groups in total. The molecule has 6 nitrogen and oxygen atoms in total. The number of carbonyl (C=O) groups excluding carboxylic acids is 2. The topological polar surface area (TPSA) is 71.5 Å². The maximum Gasteiger partial charge on any atom is 0.253 e. The molecule has 2 fully saturated rings. The van der Waals surface area contributed by atoms with Gasteiger partial charge in [0.05, 0.1) is 11.7 Å². The molecule has 2 saturated heterocycles. The van der Waals surface area contributed by atoms with Crippen LogP contribution in [0.25, 0.3) is 0 Å². The van der Waals surface area contributed by atoms with Gasteiger partial charge < -0.3 is 15.0 Å². The van der Waals surface area contributed by atoms with Gasteiger partial charge in [0.15, 0.2) is 0 Å². The van der Waals surface area contributed by atoms with Crippen LogP contribution in [0.4, 0.5) is 0 Å². The first-order valence-electron chi connectivity index (χ1n) is 10.7. The van der Waals surface area contributed by atoms with Gasteiger partial charge in [-0.05, 0) is 68.9 Å². The summed E-state index contributed by atoms with van der Waals surface area (Å²) in [5.74, 6) is 0.0149. The Kier molecular flexibility index (Phi) is 5.86. The van der Waals surface area contributed by atoms with E-state index in [2.05, 4.69) is 10.3 Å². The van der Waals surface area contributed by atoms with Gasteiger partial charge in [-0.1, -0.05) is 12.1 Å². The number of hydrogen-bond donors (Lipinski definition) is 1. The molecule has 0 aliphatic carbocycles. The van der Waals surface area contributed by atoms with Crippen LogP contribution in [0.15, 0.2) is 42.7 Å². The van der Waals surface area contributed by atoms with Gasteiger partial charge in [0.2, 0.25) is 0 Å². The number of pyridine rings is 1. The maximum absolute atomic E-state index is 12.6. The molecule has 158 valence electrons. The maximum atomic E-state index is 12.6. The van der Waals surface area contributed by atoms with Crippen molar-refractivity contribution in [3.8, 4) is 0 Å². The van der Waals surface area contributed by atoms with E-state index >= 15 is 0 Å². The molecule has 2 amide bonds. The van der Waals surface area contributed by atoms with Gasteiger partial charge in [-0.25, -0.2) is 0 Å². The van der Waals surface area contributed by atoms with Crippen LogP contribution in [0.3, 0.4) is 0 Å². The van der Waals surface area contributed by atoms with Crippen LogP contribution in [-0.4, -0.2) is 53.0 Å². The van der Waals surface area contributed by atoms with Crippen LogP contribution >= 0.6 is 0 Å². The minimum atomic E-state index is -0.163. The Morgan fingerprint density at radius 1 is 1.13 bits per heavy atom. The molecule has 3 heterocycles. The van der Waals surface area contributed by atoms with Crippen LogP contribution in [0.1, 0.15) is 57.5 Å². The number of aryl methyl sites for hydroxylation is 1. The van der Waals surface area contributed by atoms with Gasteiger partial charge in [-0.2, -0.15) is 0 Å². The van der Waals surface area contributed by atoms with E-state index in [4.69, 9.17) is 4.74 Å². The molecule has 2 aromatic rings. The zero-order valence-corrected chi connectivity index (χ0v) is 17.7. The summed E-state index contributed by atoms with van der Waals surface area (Å²) in [6.45, 7) is 5.91. The van der Waals surface area contributed by atoms with Crippen molar-refractivity contribution in [1.29, 1.82) is 0 Å². The normalized spacial score (nSPS) is 20.3. The third-order valence-corrected chi connectivity index (χ3v) is 6.57. The Morgan fingerprint density at radius 3 is 2.60 bits per heavy atom. The van der Waals surface area contributed by atoms with E-state index in [1.165, 1.54) is 0 Å². The lowest BCUT2D eigenvalue weighted by Crippen LogP contribution is -2.47. The van der Waals surface area contributed by atoms with E-state index in [1.54, 1.807) is 24.5 Å². The van der Waals surface area contributed by atoms with E-state index in [0.29, 0.717) is 25.2 Å². The minimum absolute atomic E-state index is 0.0292. The lowest BCUT2D eigenvalue weighted by Gasteiger charge is -2.39. The van der Waals surface area contributed by atoms with Crippen molar-refractivity contribution in [2.45, 2.75) is 51.2 Å². The average molecular weight is 408 g/mol. The minimum Gasteiger partial charge on any atom is -0.370 e. The van der Waals surface area contributed by atoms with E-state index < -0.39 is 0 Å². The molecule has 0 bridgehead atoms. The van der Waals surface area contributed by atoms with Gasteiger partial charge in [0.25, 0.3) is 11.8 Å². The Bertz CT molecular complexity index is 921. The monoisotopic (exact) mass is 407 g/mol. The molecule has 2 aliphatic heterocycles. The van der Waals surface area contributed by atoms with Gasteiger partial charge >= 0.3 is 0 Å². The number of rotatable bonds is 4. The van der Waals surface area contributed by atoms with Crippen molar-refractivity contribution < 1.29 is 14.3 Å². The third kappa shape index (κ3) is 4.24. The SMILES string of the molecule is Cc1cccc(C(=O)NC[C@@H]2CCC3(CCN(C(=O)c4ccncc4)CC3)O2)c1C. The molecule has 1 atom stereocenters. The first-order valence-corrected chi connectivity index (χ1v) is 10.7. The molecule has 1 aromatic carbocycles. The molecule has 4 rings (SSSR count). The lowest BCUT2D eigenvalue weighted by atomic mass is 9.88. The average Bonchev–Trinajstić information content (AvgIpc) is 3.17. The number of ether oxygens (including phenoxy) is 1. The molecular formula is C24H29N3O3. The Morgan fingerprint density at radius 2 is 1.87 bits per heavy atom. The largest absolute Gasteiger partial charge is 0.370 e. The zero-order chi connectivity index (χ0) is 21.1. The second kappa shape index (κ2) is 8.56. The van der Waals surface area contributed by atoms with Gasteiger partial charge in [-0.15, -0.1) is 0 Å². The highest BCUT2D eigenvalue weighted by molar-refractivity contribution is 5.96. The van der Waals surface area contributed by atoms with Crippen molar-refractivity contribution in [3.05, 3.63) is 65.0 Å². The Balaban J connectivity index is 1.28. The molecule has 30 heavy (non-hydrogen) atoms. The number of piperidine rings is 1. The number of carbonyl (C=O) groups is 2. The summed E-state index contributed by atoms with van der Waals surface area (Å²) < 4.78 is 6.40. The Hall–Kier alpha value is -2.73. The molecular weight excluding hydrogens is 378 g/mol. The molecule has 0 saturated carbocycles. The van der Waals surface area contributed by atoms with Crippen LogP contribution in [-0.2, 0) is 4.74 Å². The number of benzene rings is 1. The van der Waals surface area contributed by atoms with Crippen LogP contribution in [0.2, 0.25) is 0 Å². The van der Waals surface area contributed by atoms with Crippen LogP contribution < -0.4 is 5.32 Å².